The van der Waals surface area contributed by atoms with Crippen LogP contribution >= 0.6 is 23.1 Å². The quantitative estimate of drug-likeness (QED) is 0.913. The Hall–Kier alpha value is -1.04. The van der Waals surface area contributed by atoms with E-state index in [-0.39, 0.29) is 0 Å². The molecule has 1 aromatic carbocycles. The van der Waals surface area contributed by atoms with Crippen molar-refractivity contribution in [3.05, 3.63) is 35.2 Å². The lowest BCUT2D eigenvalue weighted by atomic mass is 10.1. The highest BCUT2D eigenvalue weighted by molar-refractivity contribution is 7.99. The van der Waals surface area contributed by atoms with Crippen molar-refractivity contribution < 1.29 is 0 Å². The van der Waals surface area contributed by atoms with Crippen molar-refractivity contribution in [2.24, 2.45) is 0 Å². The molecule has 0 amide bonds. The molecule has 1 unspecified atom stereocenters. The van der Waals surface area contributed by atoms with Gasteiger partial charge in [-0.2, -0.15) is 11.8 Å². The van der Waals surface area contributed by atoms with Crippen molar-refractivity contribution in [1.82, 2.24) is 10.3 Å². The van der Waals surface area contributed by atoms with E-state index in [1.165, 1.54) is 28.4 Å². The van der Waals surface area contributed by atoms with E-state index >= 15 is 0 Å². The van der Waals surface area contributed by atoms with Crippen LogP contribution in [0.2, 0.25) is 0 Å². The van der Waals surface area contributed by atoms with Crippen LogP contribution in [0.25, 0.3) is 11.3 Å². The number of nitrogens with one attached hydrogen (secondary N) is 1. The molecular formula is C16H21N3S2. The number of nitrogens with zero attached hydrogens (tertiary/aromatic N) is 2. The zero-order valence-corrected chi connectivity index (χ0v) is 14.1. The van der Waals surface area contributed by atoms with Gasteiger partial charge in [-0.15, -0.1) is 0 Å². The van der Waals surface area contributed by atoms with Gasteiger partial charge in [0, 0.05) is 35.8 Å². The highest BCUT2D eigenvalue weighted by Gasteiger charge is 2.24. The molecule has 3 rings (SSSR count). The topological polar surface area (TPSA) is 28.2 Å². The summed E-state index contributed by atoms with van der Waals surface area (Å²) in [5.41, 5.74) is 2.34. The number of thioether (sulfide) groups is 1. The largest absolute Gasteiger partial charge is 0.347 e. The maximum Gasteiger partial charge on any atom is 0.186 e. The first-order valence-corrected chi connectivity index (χ1v) is 9.27. The minimum Gasteiger partial charge on any atom is -0.347 e. The van der Waals surface area contributed by atoms with Crippen molar-refractivity contribution in [2.75, 3.05) is 30.5 Å². The average molecular weight is 319 g/mol. The standard InChI is InChI=1S/C16H21N3S2/c1-17-10-14-15(12-6-4-3-5-7-12)18-16(21-14)19(2)13-8-9-20-11-13/h3-7,13,17H,8-11H2,1-2H3. The summed E-state index contributed by atoms with van der Waals surface area (Å²) in [5, 5.41) is 4.41. The minimum absolute atomic E-state index is 0.632. The summed E-state index contributed by atoms with van der Waals surface area (Å²) < 4.78 is 0. The van der Waals surface area contributed by atoms with Crippen LogP contribution in [0, 0.1) is 0 Å². The molecule has 2 heterocycles. The molecule has 0 spiro atoms. The van der Waals surface area contributed by atoms with Crippen molar-refractivity contribution in [1.29, 1.82) is 0 Å². The van der Waals surface area contributed by atoms with E-state index in [1.54, 1.807) is 0 Å². The molecule has 1 fully saturated rings. The van der Waals surface area contributed by atoms with E-state index in [0.29, 0.717) is 6.04 Å². The molecule has 1 aromatic heterocycles. The first-order valence-electron chi connectivity index (χ1n) is 7.30. The highest BCUT2D eigenvalue weighted by Crippen LogP contribution is 2.35. The minimum atomic E-state index is 0.632. The van der Waals surface area contributed by atoms with Gasteiger partial charge in [-0.05, 0) is 19.2 Å². The van der Waals surface area contributed by atoms with Gasteiger partial charge in [0.1, 0.15) is 0 Å². The molecule has 0 saturated carbocycles. The van der Waals surface area contributed by atoms with Crippen molar-refractivity contribution >= 4 is 28.2 Å². The smallest absolute Gasteiger partial charge is 0.186 e. The van der Waals surface area contributed by atoms with Crippen molar-refractivity contribution in [3.63, 3.8) is 0 Å². The summed E-state index contributed by atoms with van der Waals surface area (Å²) in [5.74, 6) is 2.49. The van der Waals surface area contributed by atoms with Crippen LogP contribution < -0.4 is 10.2 Å². The van der Waals surface area contributed by atoms with Crippen LogP contribution in [0.3, 0.4) is 0 Å². The van der Waals surface area contributed by atoms with Crippen LogP contribution in [-0.2, 0) is 6.54 Å². The molecule has 1 N–H and O–H groups in total. The molecule has 1 atom stereocenters. The Kier molecular flexibility index (Phi) is 4.83. The average Bonchev–Trinajstić information content (AvgIpc) is 3.18. The molecule has 0 aliphatic carbocycles. The second-order valence-electron chi connectivity index (χ2n) is 5.29. The maximum atomic E-state index is 4.94. The van der Waals surface area contributed by atoms with E-state index in [9.17, 15) is 0 Å². The third-order valence-corrected chi connectivity index (χ3v) is 6.12. The van der Waals surface area contributed by atoms with Gasteiger partial charge < -0.3 is 10.2 Å². The van der Waals surface area contributed by atoms with Crippen LogP contribution in [-0.4, -0.2) is 36.6 Å². The van der Waals surface area contributed by atoms with Crippen LogP contribution in [0.4, 0.5) is 5.13 Å². The Bertz CT molecular complexity index is 576. The SMILES string of the molecule is CNCc1sc(N(C)C2CCSC2)nc1-c1ccccc1. The van der Waals surface area contributed by atoms with Gasteiger partial charge in [-0.25, -0.2) is 4.98 Å². The molecule has 0 radical (unpaired) electrons. The van der Waals surface area contributed by atoms with E-state index in [0.717, 1.165) is 17.4 Å². The van der Waals surface area contributed by atoms with Gasteiger partial charge in [-0.1, -0.05) is 41.7 Å². The Morgan fingerprint density at radius 2 is 2.14 bits per heavy atom. The third kappa shape index (κ3) is 3.25. The Morgan fingerprint density at radius 3 is 2.81 bits per heavy atom. The normalized spacial score (nSPS) is 18.1. The molecule has 0 bridgehead atoms. The fourth-order valence-corrected chi connectivity index (χ4v) is 4.97. The second-order valence-corrected chi connectivity index (χ2v) is 7.50. The lowest BCUT2D eigenvalue weighted by molar-refractivity contribution is 0.698. The zero-order valence-electron chi connectivity index (χ0n) is 12.5. The van der Waals surface area contributed by atoms with Crippen LogP contribution in [0.5, 0.6) is 0 Å². The summed E-state index contributed by atoms with van der Waals surface area (Å²) in [6, 6.07) is 11.1. The Morgan fingerprint density at radius 1 is 1.33 bits per heavy atom. The maximum absolute atomic E-state index is 4.94. The molecule has 5 heteroatoms. The zero-order chi connectivity index (χ0) is 14.7. The monoisotopic (exact) mass is 319 g/mol. The van der Waals surface area contributed by atoms with E-state index in [2.05, 4.69) is 47.6 Å². The molecule has 21 heavy (non-hydrogen) atoms. The van der Waals surface area contributed by atoms with Gasteiger partial charge >= 0.3 is 0 Å². The summed E-state index contributed by atoms with van der Waals surface area (Å²) in [6.07, 6.45) is 1.27. The summed E-state index contributed by atoms with van der Waals surface area (Å²) in [7, 11) is 4.18. The van der Waals surface area contributed by atoms with Crippen molar-refractivity contribution in [3.8, 4) is 11.3 Å². The first-order chi connectivity index (χ1) is 10.3. The number of hydrogen-bond donors (Lipinski definition) is 1. The highest BCUT2D eigenvalue weighted by atomic mass is 32.2. The lowest BCUT2D eigenvalue weighted by Crippen LogP contribution is -2.31. The summed E-state index contributed by atoms with van der Waals surface area (Å²) in [6.45, 7) is 0.870. The fraction of sp³-hybridized carbons (Fsp3) is 0.438. The van der Waals surface area contributed by atoms with E-state index in [4.69, 9.17) is 4.98 Å². The van der Waals surface area contributed by atoms with Crippen LogP contribution in [0.15, 0.2) is 30.3 Å². The summed E-state index contributed by atoms with van der Waals surface area (Å²) in [4.78, 5) is 8.63. The number of benzene rings is 1. The van der Waals surface area contributed by atoms with Gasteiger partial charge in [0.2, 0.25) is 0 Å². The Balaban J connectivity index is 1.92. The molecule has 112 valence electrons. The molecule has 1 saturated heterocycles. The Labute approximate surface area is 134 Å². The van der Waals surface area contributed by atoms with E-state index < -0.39 is 0 Å². The number of thiazole rings is 1. The van der Waals surface area contributed by atoms with Crippen LogP contribution in [0.1, 0.15) is 11.3 Å². The van der Waals surface area contributed by atoms with Gasteiger partial charge in [0.25, 0.3) is 0 Å². The lowest BCUT2D eigenvalue weighted by Gasteiger charge is -2.22. The van der Waals surface area contributed by atoms with Gasteiger partial charge in [0.05, 0.1) is 5.69 Å². The molecule has 1 aliphatic rings. The molecule has 1 aliphatic heterocycles. The van der Waals surface area contributed by atoms with Gasteiger partial charge in [0.15, 0.2) is 5.13 Å². The third-order valence-electron chi connectivity index (χ3n) is 3.83. The number of rotatable bonds is 5. The summed E-state index contributed by atoms with van der Waals surface area (Å²) >= 11 is 3.86. The first kappa shape index (κ1) is 14.9. The predicted octanol–water partition coefficient (Wildman–Crippen LogP) is 3.47. The molecular weight excluding hydrogens is 298 g/mol. The number of aromatic nitrogens is 1. The van der Waals surface area contributed by atoms with Gasteiger partial charge in [-0.3, -0.25) is 0 Å². The predicted molar refractivity (Wildman–Crippen MR) is 94.4 cm³/mol. The molecule has 2 aromatic rings. The number of hydrogen-bond acceptors (Lipinski definition) is 5. The fourth-order valence-electron chi connectivity index (χ4n) is 2.58. The van der Waals surface area contributed by atoms with Crippen molar-refractivity contribution in [2.45, 2.75) is 19.0 Å². The molecule has 3 nitrogen and oxygen atoms in total. The second kappa shape index (κ2) is 6.81. The number of anilines is 1. The van der Waals surface area contributed by atoms with E-state index in [1.807, 2.05) is 30.1 Å².